The highest BCUT2D eigenvalue weighted by molar-refractivity contribution is 5.95. The van der Waals surface area contributed by atoms with Gasteiger partial charge in [-0.25, -0.2) is 4.98 Å². The van der Waals surface area contributed by atoms with E-state index >= 15 is 0 Å². The van der Waals surface area contributed by atoms with E-state index in [2.05, 4.69) is 10.3 Å². The normalized spacial score (nSPS) is 15.3. The lowest BCUT2D eigenvalue weighted by Gasteiger charge is -2.22. The quantitative estimate of drug-likeness (QED) is 0.422. The number of methoxy groups -OCH3 is 1. The zero-order chi connectivity index (χ0) is 28.3. The number of carbonyl (C=O) groups is 1. The lowest BCUT2D eigenvalue weighted by Crippen LogP contribution is -2.35. The van der Waals surface area contributed by atoms with E-state index in [-0.39, 0.29) is 59.7 Å². The first-order chi connectivity index (χ1) is 18.5. The van der Waals surface area contributed by atoms with Crippen LogP contribution in [0.2, 0.25) is 0 Å². The van der Waals surface area contributed by atoms with Crippen LogP contribution in [0.1, 0.15) is 40.4 Å². The highest BCUT2D eigenvalue weighted by atomic mass is 19.4. The van der Waals surface area contributed by atoms with Gasteiger partial charge in [0, 0.05) is 48.5 Å². The number of hydrogen-bond donors (Lipinski definition) is 2. The third-order valence-electron chi connectivity index (χ3n) is 6.38. The van der Waals surface area contributed by atoms with E-state index in [4.69, 9.17) is 19.3 Å². The van der Waals surface area contributed by atoms with Crippen molar-refractivity contribution in [2.45, 2.75) is 24.9 Å². The monoisotopic (exact) mass is 547 g/mol. The Balaban J connectivity index is 1.65. The number of aromatic nitrogens is 2. The minimum absolute atomic E-state index is 0.00782. The van der Waals surface area contributed by atoms with Gasteiger partial charge in [-0.3, -0.25) is 9.59 Å². The minimum Gasteiger partial charge on any atom is -0.493 e. The zero-order valence-electron chi connectivity index (χ0n) is 21.5. The molecule has 4 rings (SSSR count). The molecule has 0 saturated carbocycles. The van der Waals surface area contributed by atoms with Gasteiger partial charge in [0.2, 0.25) is 5.56 Å². The summed E-state index contributed by atoms with van der Waals surface area (Å²) in [4.78, 5) is 29.0. The number of fused-ring (bicyclic) bond motifs is 1. The van der Waals surface area contributed by atoms with Crippen LogP contribution >= 0.6 is 0 Å². The number of amides is 1. The maximum Gasteiger partial charge on any atom is 0.398 e. The van der Waals surface area contributed by atoms with Gasteiger partial charge in [-0.05, 0) is 30.3 Å². The van der Waals surface area contributed by atoms with Crippen LogP contribution in [0.25, 0.3) is 11.3 Å². The Labute approximate surface area is 222 Å². The number of aliphatic hydroxyl groups excluding tert-OH is 1. The van der Waals surface area contributed by atoms with Gasteiger partial charge >= 0.3 is 6.18 Å². The molecule has 2 aromatic heterocycles. The largest absolute Gasteiger partial charge is 0.493 e. The number of nitrogens with one attached hydrogen (secondary N) is 1. The third-order valence-corrected chi connectivity index (χ3v) is 6.38. The highest BCUT2D eigenvalue weighted by Crippen LogP contribution is 2.44. The molecule has 0 aliphatic carbocycles. The first-order valence-electron chi connectivity index (χ1n) is 12.1. The maximum atomic E-state index is 14.3. The molecule has 2 unspecified atom stereocenters. The summed E-state index contributed by atoms with van der Waals surface area (Å²) in [6, 6.07) is 8.34. The minimum atomic E-state index is -4.72. The fraction of sp³-hybridized carbons (Fsp3) is 0.370. The van der Waals surface area contributed by atoms with Gasteiger partial charge in [-0.15, -0.1) is 0 Å². The van der Waals surface area contributed by atoms with Crippen molar-refractivity contribution in [1.82, 2.24) is 14.9 Å². The molecule has 3 aromatic rings. The Morgan fingerprint density at radius 3 is 2.69 bits per heavy atom. The number of benzene rings is 1. The number of pyridine rings is 2. The first-order valence-corrected chi connectivity index (χ1v) is 12.1. The Hall–Kier alpha value is -4.06. The van der Waals surface area contributed by atoms with Crippen LogP contribution in [-0.4, -0.2) is 60.2 Å². The lowest BCUT2D eigenvalue weighted by atomic mass is 9.95. The number of rotatable bonds is 9. The summed E-state index contributed by atoms with van der Waals surface area (Å²) < 4.78 is 60.6. The van der Waals surface area contributed by atoms with Gasteiger partial charge in [-0.2, -0.15) is 13.2 Å². The summed E-state index contributed by atoms with van der Waals surface area (Å²) in [7, 11) is 2.89. The molecule has 39 heavy (non-hydrogen) atoms. The van der Waals surface area contributed by atoms with E-state index in [1.165, 1.54) is 61.3 Å². The number of ether oxygens (including phenoxy) is 3. The van der Waals surface area contributed by atoms with Crippen LogP contribution < -0.4 is 25.1 Å². The predicted octanol–water partition coefficient (Wildman–Crippen LogP) is 3.40. The molecule has 208 valence electrons. The Bertz CT molecular complexity index is 1420. The average Bonchev–Trinajstić information content (AvgIpc) is 3.28. The Morgan fingerprint density at radius 2 is 2.03 bits per heavy atom. The van der Waals surface area contributed by atoms with Gasteiger partial charge in [0.05, 0.1) is 26.0 Å². The summed E-state index contributed by atoms with van der Waals surface area (Å²) in [5.74, 6) is -2.17. The molecule has 1 aliphatic heterocycles. The average molecular weight is 548 g/mol. The number of nitrogens with zero attached hydrogens (tertiary/aromatic N) is 2. The summed E-state index contributed by atoms with van der Waals surface area (Å²) in [5, 5.41) is 11.3. The van der Waals surface area contributed by atoms with E-state index in [9.17, 15) is 22.8 Å². The predicted molar refractivity (Wildman–Crippen MR) is 136 cm³/mol. The molecule has 2 atom stereocenters. The van der Waals surface area contributed by atoms with Crippen LogP contribution in [-0.2, 0) is 7.05 Å². The molecule has 0 bridgehead atoms. The van der Waals surface area contributed by atoms with E-state index in [0.29, 0.717) is 16.9 Å². The molecule has 12 heteroatoms. The molecule has 3 heterocycles. The summed E-state index contributed by atoms with van der Waals surface area (Å²) in [6.45, 7) is 1.14. The van der Waals surface area contributed by atoms with Crippen molar-refractivity contribution in [2.75, 3.05) is 33.5 Å². The van der Waals surface area contributed by atoms with Crippen LogP contribution in [0.5, 0.6) is 17.2 Å². The molecule has 0 saturated heterocycles. The number of halogens is 3. The van der Waals surface area contributed by atoms with Crippen molar-refractivity contribution in [3.63, 3.8) is 0 Å². The Morgan fingerprint density at radius 1 is 1.26 bits per heavy atom. The Kier molecular flexibility index (Phi) is 8.14. The van der Waals surface area contributed by atoms with E-state index in [1.807, 2.05) is 6.92 Å². The standard InChI is InChI=1S/C27H28F3N3O6/c1-15-14-39-25-18(15)11-20(32-24(25)17-5-7-23(35)33(2)13-17)19(27(28,29)30)12-31-26(36)16-4-6-21(38-9-8-34)22(10-16)37-3/h4-7,10-11,13,15,19,34H,8-9,12,14H2,1-3H3,(H,31,36). The molecule has 9 nitrogen and oxygen atoms in total. The van der Waals surface area contributed by atoms with Gasteiger partial charge in [-0.1, -0.05) is 6.92 Å². The van der Waals surface area contributed by atoms with Crippen molar-refractivity contribution < 1.29 is 37.3 Å². The van der Waals surface area contributed by atoms with Gasteiger partial charge < -0.3 is 29.2 Å². The SMILES string of the molecule is COc1cc(C(=O)NCC(c2cc3c(c(-c4ccc(=O)n(C)c4)n2)OCC3C)C(F)(F)F)ccc1OCCO. The summed E-state index contributed by atoms with van der Waals surface area (Å²) in [5.41, 5.74) is 0.733. The number of aliphatic hydroxyl groups is 1. The van der Waals surface area contributed by atoms with Crippen molar-refractivity contribution in [2.24, 2.45) is 7.05 Å². The van der Waals surface area contributed by atoms with E-state index in [1.54, 1.807) is 0 Å². The molecule has 1 amide bonds. The molecule has 1 aromatic carbocycles. The van der Waals surface area contributed by atoms with Gasteiger partial charge in [0.15, 0.2) is 11.5 Å². The highest BCUT2D eigenvalue weighted by Gasteiger charge is 2.43. The van der Waals surface area contributed by atoms with Crippen molar-refractivity contribution >= 4 is 5.91 Å². The summed E-state index contributed by atoms with van der Waals surface area (Å²) in [6.07, 6.45) is -3.23. The topological polar surface area (TPSA) is 112 Å². The van der Waals surface area contributed by atoms with Crippen molar-refractivity contribution in [1.29, 1.82) is 0 Å². The number of carbonyl (C=O) groups excluding carboxylic acids is 1. The van der Waals surface area contributed by atoms with Crippen LogP contribution in [0.3, 0.4) is 0 Å². The van der Waals surface area contributed by atoms with Crippen LogP contribution in [0.15, 0.2) is 47.4 Å². The molecule has 2 N–H and O–H groups in total. The van der Waals surface area contributed by atoms with Gasteiger partial charge in [0.1, 0.15) is 24.0 Å². The second-order valence-corrected chi connectivity index (χ2v) is 9.13. The first kappa shape index (κ1) is 28.0. The number of alkyl halides is 3. The smallest absolute Gasteiger partial charge is 0.398 e. The second-order valence-electron chi connectivity index (χ2n) is 9.13. The number of hydrogen-bond acceptors (Lipinski definition) is 7. The van der Waals surface area contributed by atoms with Crippen molar-refractivity contribution in [3.8, 4) is 28.5 Å². The van der Waals surface area contributed by atoms with E-state index < -0.39 is 24.5 Å². The van der Waals surface area contributed by atoms with Gasteiger partial charge in [0.25, 0.3) is 5.91 Å². The molecular formula is C27H28F3N3O6. The maximum absolute atomic E-state index is 14.3. The third kappa shape index (κ3) is 6.00. The van der Waals surface area contributed by atoms with E-state index in [0.717, 1.165) is 0 Å². The van der Waals surface area contributed by atoms with Crippen LogP contribution in [0.4, 0.5) is 13.2 Å². The number of aryl methyl sites for hydroxylation is 1. The summed E-state index contributed by atoms with van der Waals surface area (Å²) >= 11 is 0. The van der Waals surface area contributed by atoms with Crippen molar-refractivity contribution in [3.05, 3.63) is 69.8 Å². The second kappa shape index (κ2) is 11.4. The molecule has 1 aliphatic rings. The molecule has 0 fully saturated rings. The molecule has 0 radical (unpaired) electrons. The fourth-order valence-corrected chi connectivity index (χ4v) is 4.27. The zero-order valence-corrected chi connectivity index (χ0v) is 21.5. The lowest BCUT2D eigenvalue weighted by molar-refractivity contribution is -0.149. The van der Waals surface area contributed by atoms with Crippen LogP contribution in [0, 0.1) is 0 Å². The molecular weight excluding hydrogens is 519 g/mol. The fourth-order valence-electron chi connectivity index (χ4n) is 4.27. The molecule has 0 spiro atoms.